The van der Waals surface area contributed by atoms with Crippen LogP contribution in [0.2, 0.25) is 10.0 Å². The fraction of sp³-hybridized carbons (Fsp3) is 0.222. The maximum Gasteiger partial charge on any atom is 0.274 e. The summed E-state index contributed by atoms with van der Waals surface area (Å²) >= 11 is 12.3. The minimum atomic E-state index is -0.244. The number of nitrogens with one attached hydrogen (secondary N) is 1. The van der Waals surface area contributed by atoms with Gasteiger partial charge in [0.15, 0.2) is 5.65 Å². The normalized spacial score (nSPS) is 11.2. The number of carbonyl (C=O) groups is 1. The quantitative estimate of drug-likeness (QED) is 0.685. The molecule has 4 nitrogen and oxygen atoms in total. The third kappa shape index (κ3) is 2.99. The molecule has 0 aliphatic carbocycles. The highest BCUT2D eigenvalue weighted by Gasteiger charge is 2.20. The van der Waals surface area contributed by atoms with E-state index in [-0.39, 0.29) is 5.91 Å². The van der Waals surface area contributed by atoms with Gasteiger partial charge in [-0.15, -0.1) is 0 Å². The molecule has 0 unspecified atom stereocenters. The SMILES string of the molecule is Cc1nc2c(Cl)cc(Cl)cn2c1C(=O)Nc1ccccc1C(C)C. The van der Waals surface area contributed by atoms with Crippen molar-refractivity contribution < 1.29 is 4.79 Å². The molecule has 0 saturated carbocycles. The van der Waals surface area contributed by atoms with Crippen LogP contribution in [-0.4, -0.2) is 15.3 Å². The van der Waals surface area contributed by atoms with Gasteiger partial charge in [-0.25, -0.2) is 4.98 Å². The van der Waals surface area contributed by atoms with E-state index in [4.69, 9.17) is 23.2 Å². The summed E-state index contributed by atoms with van der Waals surface area (Å²) in [5.74, 6) is 0.0557. The average Bonchev–Trinajstić information content (AvgIpc) is 2.84. The summed E-state index contributed by atoms with van der Waals surface area (Å²) < 4.78 is 1.63. The number of halogens is 2. The van der Waals surface area contributed by atoms with Gasteiger partial charge < -0.3 is 5.32 Å². The van der Waals surface area contributed by atoms with Crippen LogP contribution in [0.3, 0.4) is 0 Å². The van der Waals surface area contributed by atoms with E-state index in [1.54, 1.807) is 23.6 Å². The molecule has 0 bridgehead atoms. The van der Waals surface area contributed by atoms with Crippen molar-refractivity contribution in [2.45, 2.75) is 26.7 Å². The number of hydrogen-bond donors (Lipinski definition) is 1. The summed E-state index contributed by atoms with van der Waals surface area (Å²) in [6, 6.07) is 9.38. The fourth-order valence-electron chi connectivity index (χ4n) is 2.76. The molecule has 124 valence electrons. The number of nitrogens with zero attached hydrogens (tertiary/aromatic N) is 2. The molecular formula is C18H17Cl2N3O. The Morgan fingerprint density at radius 2 is 1.96 bits per heavy atom. The Bertz CT molecular complexity index is 931. The lowest BCUT2D eigenvalue weighted by atomic mass is 10.0. The molecule has 3 rings (SSSR count). The van der Waals surface area contributed by atoms with Gasteiger partial charge in [0.2, 0.25) is 0 Å². The van der Waals surface area contributed by atoms with Gasteiger partial charge in [-0.2, -0.15) is 0 Å². The Kier molecular flexibility index (Phi) is 4.52. The summed E-state index contributed by atoms with van der Waals surface area (Å²) in [4.78, 5) is 17.2. The first-order chi connectivity index (χ1) is 11.4. The lowest BCUT2D eigenvalue weighted by Crippen LogP contribution is -2.17. The second kappa shape index (κ2) is 6.46. The molecule has 1 amide bonds. The van der Waals surface area contributed by atoms with Crippen LogP contribution < -0.4 is 5.32 Å². The lowest BCUT2D eigenvalue weighted by molar-refractivity contribution is 0.102. The number of rotatable bonds is 3. The molecule has 6 heteroatoms. The number of aromatic nitrogens is 2. The van der Waals surface area contributed by atoms with Gasteiger partial charge in [-0.1, -0.05) is 55.2 Å². The van der Waals surface area contributed by atoms with Gasteiger partial charge in [-0.05, 0) is 30.5 Å². The van der Waals surface area contributed by atoms with Crippen LogP contribution in [-0.2, 0) is 0 Å². The van der Waals surface area contributed by atoms with Crippen molar-refractivity contribution in [1.29, 1.82) is 0 Å². The van der Waals surface area contributed by atoms with Crippen molar-refractivity contribution in [3.8, 4) is 0 Å². The summed E-state index contributed by atoms with van der Waals surface area (Å²) in [5.41, 5.74) is 3.40. The summed E-state index contributed by atoms with van der Waals surface area (Å²) in [5, 5.41) is 3.84. The van der Waals surface area contributed by atoms with Gasteiger partial charge in [0.1, 0.15) is 5.69 Å². The van der Waals surface area contributed by atoms with E-state index in [1.807, 2.05) is 24.3 Å². The highest BCUT2D eigenvalue weighted by atomic mass is 35.5. The number of para-hydroxylation sites is 1. The molecule has 0 aliphatic rings. The Morgan fingerprint density at radius 1 is 1.25 bits per heavy atom. The molecular weight excluding hydrogens is 345 g/mol. The van der Waals surface area contributed by atoms with Gasteiger partial charge in [0.05, 0.1) is 15.7 Å². The van der Waals surface area contributed by atoms with Crippen LogP contribution in [0.1, 0.15) is 41.5 Å². The largest absolute Gasteiger partial charge is 0.320 e. The van der Waals surface area contributed by atoms with Gasteiger partial charge in [0, 0.05) is 11.9 Å². The molecule has 2 heterocycles. The van der Waals surface area contributed by atoms with E-state index < -0.39 is 0 Å². The molecule has 0 aliphatic heterocycles. The first kappa shape index (κ1) is 16.8. The molecule has 3 aromatic rings. The Labute approximate surface area is 150 Å². The number of imidazole rings is 1. The topological polar surface area (TPSA) is 46.4 Å². The fourth-order valence-corrected chi connectivity index (χ4v) is 3.27. The van der Waals surface area contributed by atoms with Crippen molar-refractivity contribution in [2.75, 3.05) is 5.32 Å². The number of carbonyl (C=O) groups excluding carboxylic acids is 1. The molecule has 0 saturated heterocycles. The van der Waals surface area contributed by atoms with Crippen molar-refractivity contribution in [3.63, 3.8) is 0 Å². The highest BCUT2D eigenvalue weighted by Crippen LogP contribution is 2.27. The molecule has 24 heavy (non-hydrogen) atoms. The number of benzene rings is 1. The molecule has 2 aromatic heterocycles. The minimum absolute atomic E-state index is 0.244. The van der Waals surface area contributed by atoms with Crippen LogP contribution in [0.15, 0.2) is 36.5 Å². The molecule has 0 spiro atoms. The van der Waals surface area contributed by atoms with Crippen LogP contribution >= 0.6 is 23.2 Å². The summed E-state index contributed by atoms with van der Waals surface area (Å²) in [6.45, 7) is 5.95. The molecule has 1 aromatic carbocycles. The first-order valence-electron chi connectivity index (χ1n) is 7.62. The number of anilines is 1. The first-order valence-corrected chi connectivity index (χ1v) is 8.38. The maximum absolute atomic E-state index is 12.8. The lowest BCUT2D eigenvalue weighted by Gasteiger charge is -2.13. The zero-order valence-electron chi connectivity index (χ0n) is 13.6. The van der Waals surface area contributed by atoms with E-state index in [0.717, 1.165) is 11.3 Å². The summed E-state index contributed by atoms with van der Waals surface area (Å²) in [7, 11) is 0. The predicted molar refractivity (Wildman–Crippen MR) is 98.4 cm³/mol. The standard InChI is InChI=1S/C18H17Cl2N3O/c1-10(2)13-6-4-5-7-15(13)22-18(24)16-11(3)21-17-14(20)8-12(19)9-23(16)17/h4-10H,1-3H3,(H,22,24). The van der Waals surface area contributed by atoms with E-state index in [2.05, 4.69) is 24.1 Å². The van der Waals surface area contributed by atoms with Crippen molar-refractivity contribution in [1.82, 2.24) is 9.38 Å². The van der Waals surface area contributed by atoms with Crippen molar-refractivity contribution in [2.24, 2.45) is 0 Å². The third-order valence-electron chi connectivity index (χ3n) is 3.86. The molecule has 0 fully saturated rings. The zero-order valence-corrected chi connectivity index (χ0v) is 15.1. The monoisotopic (exact) mass is 361 g/mol. The van der Waals surface area contributed by atoms with Gasteiger partial charge in [-0.3, -0.25) is 9.20 Å². The van der Waals surface area contributed by atoms with E-state index >= 15 is 0 Å². The maximum atomic E-state index is 12.8. The van der Waals surface area contributed by atoms with Crippen LogP contribution in [0, 0.1) is 6.92 Å². The van der Waals surface area contributed by atoms with Crippen molar-refractivity contribution >= 4 is 40.4 Å². The number of hydrogen-bond acceptors (Lipinski definition) is 2. The number of fused-ring (bicyclic) bond motifs is 1. The van der Waals surface area contributed by atoms with Crippen LogP contribution in [0.4, 0.5) is 5.69 Å². The number of aryl methyl sites for hydroxylation is 1. The second-order valence-electron chi connectivity index (χ2n) is 5.94. The number of amides is 1. The summed E-state index contributed by atoms with van der Waals surface area (Å²) in [6.07, 6.45) is 1.64. The minimum Gasteiger partial charge on any atom is -0.320 e. The molecule has 0 radical (unpaired) electrons. The van der Waals surface area contributed by atoms with Crippen LogP contribution in [0.5, 0.6) is 0 Å². The zero-order chi connectivity index (χ0) is 17.4. The smallest absolute Gasteiger partial charge is 0.274 e. The van der Waals surface area contributed by atoms with E-state index in [1.165, 1.54) is 0 Å². The Balaban J connectivity index is 2.06. The second-order valence-corrected chi connectivity index (χ2v) is 6.79. The van der Waals surface area contributed by atoms with Crippen LogP contribution in [0.25, 0.3) is 5.65 Å². The van der Waals surface area contributed by atoms with Crippen molar-refractivity contribution in [3.05, 3.63) is 63.5 Å². The number of pyridine rings is 1. The average molecular weight is 362 g/mol. The Morgan fingerprint density at radius 3 is 2.67 bits per heavy atom. The molecule has 1 N–H and O–H groups in total. The van der Waals surface area contributed by atoms with Gasteiger partial charge >= 0.3 is 0 Å². The van der Waals surface area contributed by atoms with E-state index in [0.29, 0.717) is 33.0 Å². The predicted octanol–water partition coefficient (Wildman–Crippen LogP) is 5.33. The van der Waals surface area contributed by atoms with E-state index in [9.17, 15) is 4.79 Å². The Hall–Kier alpha value is -2.04. The highest BCUT2D eigenvalue weighted by molar-refractivity contribution is 6.36. The third-order valence-corrected chi connectivity index (χ3v) is 4.35. The molecule has 0 atom stereocenters. The van der Waals surface area contributed by atoms with Gasteiger partial charge in [0.25, 0.3) is 5.91 Å².